The minimum Gasteiger partial charge on any atom is -0.490 e. The molecule has 0 aliphatic heterocycles. The Morgan fingerprint density at radius 3 is 2.13 bits per heavy atom. The molecule has 0 aromatic heterocycles. The second kappa shape index (κ2) is 7.65. The quantitative estimate of drug-likeness (QED) is 0.669. The third-order valence-corrected chi connectivity index (χ3v) is 3.65. The maximum absolute atomic E-state index is 5.76. The molecule has 23 heavy (non-hydrogen) atoms. The molecule has 3 heteroatoms. The van der Waals surface area contributed by atoms with Crippen LogP contribution in [0.3, 0.4) is 0 Å². The lowest BCUT2D eigenvalue weighted by molar-refractivity contribution is 0.217. The number of benzene rings is 3. The summed E-state index contributed by atoms with van der Waals surface area (Å²) in [5.41, 5.74) is 1.24. The number of fused-ring (bicyclic) bond motifs is 1. The first-order chi connectivity index (χ1) is 11.3. The van der Waals surface area contributed by atoms with Gasteiger partial charge in [0, 0.05) is 6.54 Å². The van der Waals surface area contributed by atoms with Gasteiger partial charge in [-0.05, 0) is 47.6 Å². The summed E-state index contributed by atoms with van der Waals surface area (Å²) in [4.78, 5) is 0. The van der Waals surface area contributed by atoms with Crippen LogP contribution in [0.4, 0.5) is 0 Å². The monoisotopic (exact) mass is 307 g/mol. The SMILES string of the molecule is CNCc1ccc(OCCOc2ccc3ccccc3c2)cc1. The van der Waals surface area contributed by atoms with Crippen LogP contribution in [0.25, 0.3) is 10.8 Å². The van der Waals surface area contributed by atoms with Crippen LogP contribution in [0.15, 0.2) is 66.7 Å². The Kier molecular flexibility index (Phi) is 5.12. The Balaban J connectivity index is 1.48. The third kappa shape index (κ3) is 4.24. The Morgan fingerprint density at radius 2 is 1.39 bits per heavy atom. The number of nitrogens with one attached hydrogen (secondary N) is 1. The second-order valence-electron chi connectivity index (χ2n) is 5.38. The maximum atomic E-state index is 5.76. The van der Waals surface area contributed by atoms with E-state index in [-0.39, 0.29) is 0 Å². The van der Waals surface area contributed by atoms with Gasteiger partial charge in [0.05, 0.1) is 0 Å². The van der Waals surface area contributed by atoms with Crippen molar-refractivity contribution in [2.24, 2.45) is 0 Å². The zero-order valence-electron chi connectivity index (χ0n) is 13.3. The summed E-state index contributed by atoms with van der Waals surface area (Å²) in [5, 5.41) is 5.53. The zero-order chi connectivity index (χ0) is 15.9. The Morgan fingerprint density at radius 1 is 0.739 bits per heavy atom. The molecule has 0 aliphatic rings. The van der Waals surface area contributed by atoms with Crippen molar-refractivity contribution in [1.82, 2.24) is 5.32 Å². The van der Waals surface area contributed by atoms with Crippen LogP contribution in [-0.2, 0) is 6.54 Å². The molecule has 3 aromatic carbocycles. The van der Waals surface area contributed by atoms with Crippen molar-refractivity contribution in [2.75, 3.05) is 20.3 Å². The first-order valence-corrected chi connectivity index (χ1v) is 7.83. The van der Waals surface area contributed by atoms with Gasteiger partial charge in [-0.1, -0.05) is 42.5 Å². The van der Waals surface area contributed by atoms with Gasteiger partial charge < -0.3 is 14.8 Å². The fourth-order valence-corrected chi connectivity index (χ4v) is 2.48. The van der Waals surface area contributed by atoms with E-state index < -0.39 is 0 Å². The molecule has 1 N–H and O–H groups in total. The van der Waals surface area contributed by atoms with Gasteiger partial charge in [-0.2, -0.15) is 0 Å². The average molecular weight is 307 g/mol. The Hall–Kier alpha value is -2.52. The van der Waals surface area contributed by atoms with E-state index in [4.69, 9.17) is 9.47 Å². The van der Waals surface area contributed by atoms with Crippen LogP contribution >= 0.6 is 0 Å². The van der Waals surface area contributed by atoms with E-state index in [9.17, 15) is 0 Å². The third-order valence-electron chi connectivity index (χ3n) is 3.65. The van der Waals surface area contributed by atoms with Crippen LogP contribution in [0.2, 0.25) is 0 Å². The van der Waals surface area contributed by atoms with Crippen molar-refractivity contribution in [2.45, 2.75) is 6.54 Å². The molecule has 0 aliphatic carbocycles. The van der Waals surface area contributed by atoms with E-state index in [1.54, 1.807) is 0 Å². The summed E-state index contributed by atoms with van der Waals surface area (Å²) in [7, 11) is 1.94. The smallest absolute Gasteiger partial charge is 0.122 e. The van der Waals surface area contributed by atoms with E-state index in [2.05, 4.69) is 41.7 Å². The van der Waals surface area contributed by atoms with Crippen LogP contribution in [-0.4, -0.2) is 20.3 Å². The maximum Gasteiger partial charge on any atom is 0.122 e. The minimum absolute atomic E-state index is 0.524. The number of hydrogen-bond acceptors (Lipinski definition) is 3. The first-order valence-electron chi connectivity index (χ1n) is 7.83. The van der Waals surface area contributed by atoms with E-state index in [1.807, 2.05) is 37.4 Å². The van der Waals surface area contributed by atoms with Crippen molar-refractivity contribution in [3.63, 3.8) is 0 Å². The molecule has 118 valence electrons. The van der Waals surface area contributed by atoms with Crippen LogP contribution in [0, 0.1) is 0 Å². The largest absolute Gasteiger partial charge is 0.490 e. The van der Waals surface area contributed by atoms with Crippen LogP contribution in [0.5, 0.6) is 11.5 Å². The molecule has 0 atom stereocenters. The highest BCUT2D eigenvalue weighted by molar-refractivity contribution is 5.83. The molecular formula is C20H21NO2. The van der Waals surface area contributed by atoms with Crippen LogP contribution in [0.1, 0.15) is 5.56 Å². The summed E-state index contributed by atoms with van der Waals surface area (Å²) >= 11 is 0. The summed E-state index contributed by atoms with van der Waals surface area (Å²) in [5.74, 6) is 1.74. The number of ether oxygens (including phenoxy) is 2. The normalized spacial score (nSPS) is 10.7. The summed E-state index contributed by atoms with van der Waals surface area (Å²) in [6.07, 6.45) is 0. The molecule has 0 spiro atoms. The second-order valence-corrected chi connectivity index (χ2v) is 5.38. The van der Waals surface area contributed by atoms with Crippen molar-refractivity contribution in [3.8, 4) is 11.5 Å². The highest BCUT2D eigenvalue weighted by Crippen LogP contribution is 2.20. The lowest BCUT2D eigenvalue weighted by atomic mass is 10.1. The van der Waals surface area contributed by atoms with E-state index >= 15 is 0 Å². The molecule has 0 bridgehead atoms. The van der Waals surface area contributed by atoms with Crippen molar-refractivity contribution < 1.29 is 9.47 Å². The molecule has 0 fully saturated rings. The summed E-state index contributed by atoms with van der Waals surface area (Å²) < 4.78 is 11.5. The Labute approximate surface area is 136 Å². The van der Waals surface area contributed by atoms with Gasteiger partial charge in [0.15, 0.2) is 0 Å². The predicted octanol–water partition coefficient (Wildman–Crippen LogP) is 4.02. The molecule has 3 nitrogen and oxygen atoms in total. The predicted molar refractivity (Wildman–Crippen MR) is 94.1 cm³/mol. The van der Waals surface area contributed by atoms with Gasteiger partial charge in [0.2, 0.25) is 0 Å². The van der Waals surface area contributed by atoms with Crippen molar-refractivity contribution >= 4 is 10.8 Å². The molecule has 3 rings (SSSR count). The van der Waals surface area contributed by atoms with Gasteiger partial charge in [-0.3, -0.25) is 0 Å². The van der Waals surface area contributed by atoms with E-state index in [0.717, 1.165) is 18.0 Å². The highest BCUT2D eigenvalue weighted by atomic mass is 16.5. The van der Waals surface area contributed by atoms with E-state index in [0.29, 0.717) is 13.2 Å². The highest BCUT2D eigenvalue weighted by Gasteiger charge is 1.98. The zero-order valence-corrected chi connectivity index (χ0v) is 13.3. The molecule has 0 amide bonds. The van der Waals surface area contributed by atoms with Gasteiger partial charge in [0.1, 0.15) is 24.7 Å². The van der Waals surface area contributed by atoms with E-state index in [1.165, 1.54) is 16.3 Å². The lowest BCUT2D eigenvalue weighted by Gasteiger charge is -2.09. The molecule has 0 unspecified atom stereocenters. The summed E-state index contributed by atoms with van der Waals surface area (Å²) in [6.45, 7) is 1.92. The van der Waals surface area contributed by atoms with Gasteiger partial charge in [0.25, 0.3) is 0 Å². The fraction of sp³-hybridized carbons (Fsp3) is 0.200. The molecule has 0 saturated heterocycles. The van der Waals surface area contributed by atoms with Gasteiger partial charge >= 0.3 is 0 Å². The molecule has 0 radical (unpaired) electrons. The molecule has 3 aromatic rings. The average Bonchev–Trinajstić information content (AvgIpc) is 2.60. The summed E-state index contributed by atoms with van der Waals surface area (Å²) in [6, 6.07) is 22.5. The first kappa shape index (κ1) is 15.4. The molecular weight excluding hydrogens is 286 g/mol. The van der Waals surface area contributed by atoms with Crippen LogP contribution < -0.4 is 14.8 Å². The fourth-order valence-electron chi connectivity index (χ4n) is 2.48. The number of hydrogen-bond donors (Lipinski definition) is 1. The lowest BCUT2D eigenvalue weighted by Crippen LogP contribution is -2.09. The molecule has 0 saturated carbocycles. The Bertz CT molecular complexity index is 753. The van der Waals surface area contributed by atoms with Gasteiger partial charge in [-0.15, -0.1) is 0 Å². The van der Waals surface area contributed by atoms with Crippen molar-refractivity contribution in [3.05, 3.63) is 72.3 Å². The standard InChI is InChI=1S/C20H21NO2/c1-21-15-16-6-9-19(10-7-16)22-12-13-23-20-11-8-17-4-2-3-5-18(17)14-20/h2-11,14,21H,12-13,15H2,1H3. The number of rotatable bonds is 7. The minimum atomic E-state index is 0.524. The topological polar surface area (TPSA) is 30.5 Å². The van der Waals surface area contributed by atoms with Crippen molar-refractivity contribution in [1.29, 1.82) is 0 Å². The van der Waals surface area contributed by atoms with Gasteiger partial charge in [-0.25, -0.2) is 0 Å². The molecule has 0 heterocycles.